The second-order valence-electron chi connectivity index (χ2n) is 7.25. The lowest BCUT2D eigenvalue weighted by molar-refractivity contribution is 0.0893. The highest BCUT2D eigenvalue weighted by atomic mass is 127. The van der Waals surface area contributed by atoms with Crippen LogP contribution in [-0.2, 0) is 15.9 Å². The fraction of sp³-hybridized carbons (Fsp3) is 0.545. The molecule has 0 spiro atoms. The number of hydrogen-bond donors (Lipinski definition) is 2. The molecule has 31 heavy (non-hydrogen) atoms. The minimum absolute atomic E-state index is 0. The number of aliphatic imine (C=N–C) groups is 1. The molecule has 1 aromatic carbocycles. The Morgan fingerprint density at radius 1 is 1.29 bits per heavy atom. The van der Waals surface area contributed by atoms with Crippen molar-refractivity contribution in [3.63, 3.8) is 0 Å². The SMILES string of the molecule is CCNC(=NCCCOCC1CCOC1)NCCc1coc(-c2ccc(F)cc2)n1.I. The van der Waals surface area contributed by atoms with E-state index in [1.54, 1.807) is 18.4 Å². The summed E-state index contributed by atoms with van der Waals surface area (Å²) < 4.78 is 29.6. The van der Waals surface area contributed by atoms with Crippen molar-refractivity contribution in [3.8, 4) is 11.5 Å². The Morgan fingerprint density at radius 2 is 2.13 bits per heavy atom. The molecule has 1 saturated heterocycles. The number of hydrogen-bond acceptors (Lipinski definition) is 5. The smallest absolute Gasteiger partial charge is 0.226 e. The summed E-state index contributed by atoms with van der Waals surface area (Å²) in [6.07, 6.45) is 4.32. The summed E-state index contributed by atoms with van der Waals surface area (Å²) in [6.45, 7) is 7.39. The van der Waals surface area contributed by atoms with Gasteiger partial charge >= 0.3 is 0 Å². The Labute approximate surface area is 200 Å². The van der Waals surface area contributed by atoms with Crippen LogP contribution in [0, 0.1) is 11.7 Å². The molecule has 0 radical (unpaired) electrons. The molecule has 2 N–H and O–H groups in total. The van der Waals surface area contributed by atoms with Crippen LogP contribution in [0.5, 0.6) is 0 Å². The summed E-state index contributed by atoms with van der Waals surface area (Å²) in [7, 11) is 0. The molecule has 1 atom stereocenters. The van der Waals surface area contributed by atoms with Crippen LogP contribution in [0.3, 0.4) is 0 Å². The predicted octanol–water partition coefficient (Wildman–Crippen LogP) is 3.64. The number of ether oxygens (including phenoxy) is 2. The maximum absolute atomic E-state index is 13.0. The highest BCUT2D eigenvalue weighted by molar-refractivity contribution is 14.0. The van der Waals surface area contributed by atoms with Crippen molar-refractivity contribution in [1.82, 2.24) is 15.6 Å². The third-order valence-electron chi connectivity index (χ3n) is 4.75. The van der Waals surface area contributed by atoms with Gasteiger partial charge in [-0.3, -0.25) is 4.99 Å². The lowest BCUT2D eigenvalue weighted by Crippen LogP contribution is -2.38. The van der Waals surface area contributed by atoms with Crippen molar-refractivity contribution < 1.29 is 18.3 Å². The summed E-state index contributed by atoms with van der Waals surface area (Å²) in [5, 5.41) is 6.55. The molecule has 2 aromatic rings. The van der Waals surface area contributed by atoms with Gasteiger partial charge < -0.3 is 24.5 Å². The van der Waals surface area contributed by atoms with Gasteiger partial charge in [-0.25, -0.2) is 9.37 Å². The Bertz CT molecular complexity index is 779. The molecule has 1 aromatic heterocycles. The molecule has 0 bridgehead atoms. The number of aromatic nitrogens is 1. The first-order valence-corrected chi connectivity index (χ1v) is 10.6. The van der Waals surface area contributed by atoms with Crippen LogP contribution in [0.1, 0.15) is 25.5 Å². The van der Waals surface area contributed by atoms with Crippen LogP contribution in [0.4, 0.5) is 4.39 Å². The van der Waals surface area contributed by atoms with Gasteiger partial charge in [-0.15, -0.1) is 24.0 Å². The van der Waals surface area contributed by atoms with Gasteiger partial charge in [-0.05, 0) is 44.0 Å². The maximum atomic E-state index is 13.0. The predicted molar refractivity (Wildman–Crippen MR) is 129 cm³/mol. The maximum Gasteiger partial charge on any atom is 0.226 e. The van der Waals surface area contributed by atoms with E-state index in [9.17, 15) is 4.39 Å². The highest BCUT2D eigenvalue weighted by Gasteiger charge is 2.15. The van der Waals surface area contributed by atoms with Gasteiger partial charge in [-0.2, -0.15) is 0 Å². The molecule has 9 heteroatoms. The molecule has 0 saturated carbocycles. The van der Waals surface area contributed by atoms with Gasteiger partial charge in [0.1, 0.15) is 12.1 Å². The summed E-state index contributed by atoms with van der Waals surface area (Å²) in [4.78, 5) is 9.05. The molecule has 1 unspecified atom stereocenters. The molecule has 0 amide bonds. The normalized spacial score (nSPS) is 16.2. The Kier molecular flexibility index (Phi) is 11.8. The zero-order valence-corrected chi connectivity index (χ0v) is 20.3. The number of halogens is 2. The Hall–Kier alpha value is -1.72. The minimum atomic E-state index is -0.278. The van der Waals surface area contributed by atoms with Gasteiger partial charge in [-0.1, -0.05) is 0 Å². The molecular weight excluding hydrogens is 514 g/mol. The van der Waals surface area contributed by atoms with E-state index in [1.165, 1.54) is 12.1 Å². The van der Waals surface area contributed by atoms with Crippen LogP contribution in [0.25, 0.3) is 11.5 Å². The van der Waals surface area contributed by atoms with E-state index in [4.69, 9.17) is 13.9 Å². The van der Waals surface area contributed by atoms with E-state index in [0.717, 1.165) is 56.4 Å². The zero-order chi connectivity index (χ0) is 21.0. The van der Waals surface area contributed by atoms with Crippen molar-refractivity contribution in [2.75, 3.05) is 46.1 Å². The van der Waals surface area contributed by atoms with Gasteiger partial charge in [0.2, 0.25) is 5.89 Å². The van der Waals surface area contributed by atoms with E-state index in [0.29, 0.717) is 37.9 Å². The molecule has 0 aliphatic carbocycles. The number of rotatable bonds is 11. The second kappa shape index (κ2) is 14.4. The molecule has 7 nitrogen and oxygen atoms in total. The average molecular weight is 546 g/mol. The van der Waals surface area contributed by atoms with Gasteiger partial charge in [0.05, 0.1) is 18.9 Å². The Morgan fingerprint density at radius 3 is 2.87 bits per heavy atom. The number of benzene rings is 1. The lowest BCUT2D eigenvalue weighted by Gasteiger charge is -2.11. The average Bonchev–Trinajstić information content (AvgIpc) is 3.43. The molecule has 172 valence electrons. The van der Waals surface area contributed by atoms with Crippen molar-refractivity contribution in [1.29, 1.82) is 0 Å². The van der Waals surface area contributed by atoms with Crippen LogP contribution in [0.2, 0.25) is 0 Å². The van der Waals surface area contributed by atoms with E-state index in [-0.39, 0.29) is 29.8 Å². The fourth-order valence-electron chi connectivity index (χ4n) is 3.12. The molecule has 1 aliphatic heterocycles. The first-order chi connectivity index (χ1) is 14.7. The van der Waals surface area contributed by atoms with E-state index in [1.807, 2.05) is 6.92 Å². The quantitative estimate of drug-likeness (QED) is 0.194. The number of nitrogens with one attached hydrogen (secondary N) is 2. The summed E-state index contributed by atoms with van der Waals surface area (Å²) in [5.74, 6) is 1.55. The molecular formula is C22H32FIN4O3. The second-order valence-corrected chi connectivity index (χ2v) is 7.25. The lowest BCUT2D eigenvalue weighted by atomic mass is 10.1. The van der Waals surface area contributed by atoms with Crippen molar-refractivity contribution in [3.05, 3.63) is 42.0 Å². The van der Waals surface area contributed by atoms with E-state index in [2.05, 4.69) is 20.6 Å². The monoisotopic (exact) mass is 546 g/mol. The van der Waals surface area contributed by atoms with Crippen molar-refractivity contribution in [2.45, 2.75) is 26.2 Å². The third kappa shape index (κ3) is 9.12. The number of guanidine groups is 1. The van der Waals surface area contributed by atoms with Gasteiger partial charge in [0, 0.05) is 50.8 Å². The van der Waals surface area contributed by atoms with Gasteiger partial charge in [0.25, 0.3) is 0 Å². The standard InChI is InChI=1S/C22H31FN4O3.HI/c1-2-24-22(25-10-3-12-28-14-17-9-13-29-15-17)26-11-8-20-16-30-21(27-20)18-4-6-19(23)7-5-18;/h4-7,16-17H,2-3,8-15H2,1H3,(H2,24,25,26);1H. The van der Waals surface area contributed by atoms with Crippen molar-refractivity contribution >= 4 is 29.9 Å². The minimum Gasteiger partial charge on any atom is -0.444 e. The summed E-state index contributed by atoms with van der Waals surface area (Å²) in [5.41, 5.74) is 1.59. The molecule has 2 heterocycles. The zero-order valence-electron chi connectivity index (χ0n) is 17.9. The van der Waals surface area contributed by atoms with Gasteiger partial charge in [0.15, 0.2) is 5.96 Å². The molecule has 3 rings (SSSR count). The van der Waals surface area contributed by atoms with Crippen LogP contribution < -0.4 is 10.6 Å². The van der Waals surface area contributed by atoms with E-state index < -0.39 is 0 Å². The first-order valence-electron chi connectivity index (χ1n) is 10.6. The highest BCUT2D eigenvalue weighted by Crippen LogP contribution is 2.19. The third-order valence-corrected chi connectivity index (χ3v) is 4.75. The Balaban J connectivity index is 0.00000341. The van der Waals surface area contributed by atoms with Crippen LogP contribution >= 0.6 is 24.0 Å². The molecule has 1 fully saturated rings. The topological polar surface area (TPSA) is 80.9 Å². The number of nitrogens with zero attached hydrogens (tertiary/aromatic N) is 2. The fourth-order valence-corrected chi connectivity index (χ4v) is 3.12. The number of oxazole rings is 1. The molecule has 1 aliphatic rings. The van der Waals surface area contributed by atoms with Crippen LogP contribution in [-0.4, -0.2) is 57.0 Å². The van der Waals surface area contributed by atoms with Crippen LogP contribution in [0.15, 0.2) is 39.9 Å². The largest absolute Gasteiger partial charge is 0.444 e. The van der Waals surface area contributed by atoms with Crippen molar-refractivity contribution in [2.24, 2.45) is 10.9 Å². The van der Waals surface area contributed by atoms with E-state index >= 15 is 0 Å². The first kappa shape index (κ1) is 25.5. The summed E-state index contributed by atoms with van der Waals surface area (Å²) >= 11 is 0. The summed E-state index contributed by atoms with van der Waals surface area (Å²) in [6, 6.07) is 6.11.